The van der Waals surface area contributed by atoms with Crippen molar-refractivity contribution in [2.24, 2.45) is 11.8 Å². The molecule has 0 radical (unpaired) electrons. The third-order valence-electron chi connectivity index (χ3n) is 11.7. The molecule has 2 heteroatoms. The first-order chi connectivity index (χ1) is 24.8. The van der Waals surface area contributed by atoms with Crippen LogP contribution in [0.1, 0.15) is 149 Å². The first kappa shape index (κ1) is 43.0. The lowest BCUT2D eigenvalue weighted by atomic mass is 9.81. The largest absolute Gasteiger partial charge is 0.335 e. The molecule has 2 unspecified atom stereocenters. The van der Waals surface area contributed by atoms with Crippen molar-refractivity contribution < 1.29 is 0 Å². The van der Waals surface area contributed by atoms with Gasteiger partial charge in [-0.2, -0.15) is 0 Å². The van der Waals surface area contributed by atoms with Crippen LogP contribution in [0.15, 0.2) is 96.4 Å². The lowest BCUT2D eigenvalue weighted by molar-refractivity contribution is 0.502. The molecule has 0 fully saturated rings. The fraction of sp³-hybridized carbons (Fsp3) is 0.500. The first-order valence-corrected chi connectivity index (χ1v) is 20.5. The molecule has 0 N–H and O–H groups in total. The summed E-state index contributed by atoms with van der Waals surface area (Å²) in [5.41, 5.74) is 16.9. The average Bonchev–Trinajstić information content (AvgIpc) is 3.05. The molecule has 0 spiro atoms. The summed E-state index contributed by atoms with van der Waals surface area (Å²) in [6, 6.07) is 18.9. The minimum atomic E-state index is -0.253. The molecule has 2 atom stereocenters. The van der Waals surface area contributed by atoms with Gasteiger partial charge in [-0.3, -0.25) is 0 Å². The molecule has 3 aromatic carbocycles. The maximum atomic E-state index is 4.99. The van der Waals surface area contributed by atoms with Gasteiger partial charge in [0.1, 0.15) is 0 Å². The van der Waals surface area contributed by atoms with Gasteiger partial charge in [0.2, 0.25) is 0 Å². The molecule has 2 nitrogen and oxygen atoms in total. The average molecular weight is 727 g/mol. The minimum absolute atomic E-state index is 0.0719. The highest BCUT2D eigenvalue weighted by atomic mass is 15.2. The van der Waals surface area contributed by atoms with Gasteiger partial charge in [0.05, 0.1) is 11.2 Å². The summed E-state index contributed by atoms with van der Waals surface area (Å²) < 4.78 is 0. The van der Waals surface area contributed by atoms with Crippen LogP contribution >= 0.6 is 0 Å². The number of aryl methyl sites for hydroxylation is 4. The molecule has 292 valence electrons. The van der Waals surface area contributed by atoms with Crippen LogP contribution in [0.5, 0.6) is 0 Å². The third-order valence-corrected chi connectivity index (χ3v) is 11.7. The van der Waals surface area contributed by atoms with Crippen molar-refractivity contribution in [2.45, 2.75) is 159 Å². The summed E-state index contributed by atoms with van der Waals surface area (Å²) in [4.78, 5) is 5.13. The Bertz CT molecular complexity index is 1880. The van der Waals surface area contributed by atoms with E-state index in [9.17, 15) is 0 Å². The summed E-state index contributed by atoms with van der Waals surface area (Å²) in [6.45, 7) is 46.4. The van der Waals surface area contributed by atoms with Crippen LogP contribution in [-0.2, 0) is 16.2 Å². The van der Waals surface area contributed by atoms with E-state index in [0.717, 1.165) is 18.5 Å². The van der Waals surface area contributed by atoms with Gasteiger partial charge in [-0.05, 0) is 133 Å². The highest BCUT2D eigenvalue weighted by Gasteiger charge is 2.37. The molecule has 0 aliphatic heterocycles. The molecular weight excluding hydrogens is 653 g/mol. The van der Waals surface area contributed by atoms with Crippen molar-refractivity contribution >= 4 is 17.1 Å². The quantitative estimate of drug-likeness (QED) is 0.205. The minimum Gasteiger partial charge on any atom is -0.335 e. The summed E-state index contributed by atoms with van der Waals surface area (Å²) in [6.07, 6.45) is 11.4. The van der Waals surface area contributed by atoms with E-state index in [2.05, 4.69) is 207 Å². The normalized spacial score (nSPS) is 17.5. The van der Waals surface area contributed by atoms with Gasteiger partial charge in [-0.25, -0.2) is 0 Å². The molecule has 0 bridgehead atoms. The smallest absolute Gasteiger partial charge is 0.0639 e. The summed E-state index contributed by atoms with van der Waals surface area (Å²) in [5.74, 6) is 0.657. The molecule has 4 rings (SSSR count). The van der Waals surface area contributed by atoms with Gasteiger partial charge >= 0.3 is 0 Å². The molecular formula is C52H74N2. The molecule has 54 heavy (non-hydrogen) atoms. The Morgan fingerprint density at radius 1 is 0.722 bits per heavy atom. The number of nitrogens with zero attached hydrogens (tertiary/aromatic N) is 2. The van der Waals surface area contributed by atoms with Crippen LogP contribution in [0.3, 0.4) is 0 Å². The Morgan fingerprint density at radius 3 is 1.54 bits per heavy atom. The predicted octanol–water partition coefficient (Wildman–Crippen LogP) is 15.2. The van der Waals surface area contributed by atoms with Gasteiger partial charge in [-0.1, -0.05) is 150 Å². The van der Waals surface area contributed by atoms with Crippen molar-refractivity contribution in [3.63, 3.8) is 0 Å². The molecule has 0 aromatic heterocycles. The topological polar surface area (TPSA) is 6.48 Å². The van der Waals surface area contributed by atoms with Crippen LogP contribution in [-0.4, -0.2) is 5.54 Å². The Hall–Kier alpha value is -3.78. The van der Waals surface area contributed by atoms with Gasteiger partial charge in [0.25, 0.3) is 0 Å². The van der Waals surface area contributed by atoms with Crippen molar-refractivity contribution in [3.05, 3.63) is 135 Å². The van der Waals surface area contributed by atoms with Crippen LogP contribution in [0.25, 0.3) is 0 Å². The van der Waals surface area contributed by atoms with Crippen molar-refractivity contribution in [2.75, 3.05) is 9.80 Å². The molecule has 1 aliphatic rings. The lowest BCUT2D eigenvalue weighted by Gasteiger charge is -2.47. The molecule has 0 amide bonds. The molecule has 1 aliphatic carbocycles. The van der Waals surface area contributed by atoms with E-state index < -0.39 is 0 Å². The standard InChI is InChI=1S/C52H74N2/c1-20-45(53(46-23-21-42(22-24-46)49(10,11)12)47-36(5)29-43(30-37(47)6)50(13,14)15)33-35(4)40(9)54(52(19)27-25-41(26-28-52)34(2)3)48-38(7)31-44(32-39(48)8)51(16,17)18/h20-27,29-32,34-35H,9,28,33H2,1-8,10-19H3. The van der Waals surface area contributed by atoms with E-state index in [4.69, 9.17) is 6.58 Å². The van der Waals surface area contributed by atoms with Gasteiger partial charge in [0, 0.05) is 28.7 Å². The van der Waals surface area contributed by atoms with E-state index in [1.165, 1.54) is 67.3 Å². The van der Waals surface area contributed by atoms with E-state index >= 15 is 0 Å². The summed E-state index contributed by atoms with van der Waals surface area (Å²) in [5, 5.41) is 0. The van der Waals surface area contributed by atoms with Crippen LogP contribution in [0.4, 0.5) is 17.1 Å². The van der Waals surface area contributed by atoms with Gasteiger partial charge in [-0.15, -0.1) is 0 Å². The zero-order valence-electron chi connectivity index (χ0n) is 37.6. The van der Waals surface area contributed by atoms with E-state index in [-0.39, 0.29) is 27.7 Å². The predicted molar refractivity (Wildman–Crippen MR) is 241 cm³/mol. The van der Waals surface area contributed by atoms with Crippen molar-refractivity contribution in [1.29, 1.82) is 0 Å². The third kappa shape index (κ3) is 9.18. The SMILES string of the molecule is C=C(C(C)CC(=CC)N(c1ccc(C(C)(C)C)cc1)c1c(C)cc(C(C)(C)C)cc1C)N(c1c(C)cc(C(C)(C)C)cc1C)C1(C)C=CC(C(C)C)=CC1. The monoisotopic (exact) mass is 727 g/mol. The van der Waals surface area contributed by atoms with E-state index in [1.54, 1.807) is 0 Å². The Morgan fingerprint density at radius 2 is 1.17 bits per heavy atom. The molecule has 0 saturated carbocycles. The lowest BCUT2D eigenvalue weighted by Crippen LogP contribution is -2.47. The fourth-order valence-electron chi connectivity index (χ4n) is 8.08. The second kappa shape index (κ2) is 15.8. The highest BCUT2D eigenvalue weighted by molar-refractivity contribution is 5.75. The highest BCUT2D eigenvalue weighted by Crippen LogP contribution is 2.45. The fourth-order valence-corrected chi connectivity index (χ4v) is 8.08. The first-order valence-electron chi connectivity index (χ1n) is 20.5. The van der Waals surface area contributed by atoms with Crippen LogP contribution in [0, 0.1) is 39.5 Å². The molecule has 0 heterocycles. The summed E-state index contributed by atoms with van der Waals surface area (Å²) >= 11 is 0. The number of benzene rings is 3. The van der Waals surface area contributed by atoms with E-state index in [0.29, 0.717) is 5.92 Å². The number of hydrogen-bond acceptors (Lipinski definition) is 2. The maximum Gasteiger partial charge on any atom is 0.0639 e. The van der Waals surface area contributed by atoms with Crippen LogP contribution < -0.4 is 9.80 Å². The number of hydrogen-bond donors (Lipinski definition) is 0. The van der Waals surface area contributed by atoms with Gasteiger partial charge in [0.15, 0.2) is 0 Å². The summed E-state index contributed by atoms with van der Waals surface area (Å²) in [7, 11) is 0. The van der Waals surface area contributed by atoms with Crippen LogP contribution in [0.2, 0.25) is 0 Å². The van der Waals surface area contributed by atoms with Gasteiger partial charge < -0.3 is 9.80 Å². The maximum absolute atomic E-state index is 4.99. The second-order valence-corrected chi connectivity index (χ2v) is 20.0. The Labute approximate surface area is 332 Å². The van der Waals surface area contributed by atoms with E-state index in [1.807, 2.05) is 0 Å². The second-order valence-electron chi connectivity index (χ2n) is 20.0. The Kier molecular flexibility index (Phi) is 12.5. The number of rotatable bonds is 10. The van der Waals surface area contributed by atoms with Crippen molar-refractivity contribution in [1.82, 2.24) is 0 Å². The molecule has 3 aromatic rings. The Balaban J connectivity index is 1.87. The zero-order valence-corrected chi connectivity index (χ0v) is 37.6. The molecule has 0 saturated heterocycles. The number of anilines is 3. The van der Waals surface area contributed by atoms with Crippen molar-refractivity contribution in [3.8, 4) is 0 Å². The number of allylic oxidation sites excluding steroid dienone is 5. The zero-order chi connectivity index (χ0) is 40.7.